The summed E-state index contributed by atoms with van der Waals surface area (Å²) in [5.74, 6) is -0.164. The topological polar surface area (TPSA) is 73.1 Å². The quantitative estimate of drug-likeness (QED) is 0.831. The van der Waals surface area contributed by atoms with Crippen LogP contribution in [-0.4, -0.2) is 13.4 Å². The van der Waals surface area contributed by atoms with Gasteiger partial charge in [0, 0.05) is 0 Å². The number of hydrogen-bond acceptors (Lipinski definition) is 3. The molecule has 8 heteroatoms. The average Bonchev–Trinajstić information content (AvgIpc) is 2.15. The predicted molar refractivity (Wildman–Crippen MR) is 50.1 cm³/mol. The van der Waals surface area contributed by atoms with Crippen LogP contribution >= 0.6 is 11.6 Å². The molecular weight excluding hydrogens is 250 g/mol. The van der Waals surface area contributed by atoms with E-state index in [1.165, 1.54) is 0 Å². The zero-order chi connectivity index (χ0) is 11.6. The molecule has 0 unspecified atom stereocenters. The summed E-state index contributed by atoms with van der Waals surface area (Å²) in [4.78, 5) is 3.05. The van der Waals surface area contributed by atoms with Gasteiger partial charge in [0.15, 0.2) is 0 Å². The molecule has 2 N–H and O–H groups in total. The highest BCUT2D eigenvalue weighted by molar-refractivity contribution is 7.89. The summed E-state index contributed by atoms with van der Waals surface area (Å²) < 4.78 is 46.5. The maximum absolute atomic E-state index is 12.3. The Bertz CT molecular complexity index is 464. The molecule has 0 fully saturated rings. The molecule has 15 heavy (non-hydrogen) atoms. The van der Waals surface area contributed by atoms with Crippen LogP contribution in [0, 0.1) is 0 Å². The number of sulfonamides is 1. The van der Waals surface area contributed by atoms with Crippen molar-refractivity contribution in [1.82, 2.24) is 4.98 Å². The minimum absolute atomic E-state index is 0.0403. The van der Waals surface area contributed by atoms with E-state index in [4.69, 9.17) is 16.7 Å². The maximum atomic E-state index is 12.3. The first kappa shape index (κ1) is 12.3. The summed E-state index contributed by atoms with van der Waals surface area (Å²) in [6.07, 6.45) is -2.87. The summed E-state index contributed by atoms with van der Waals surface area (Å²) >= 11 is 5.38. The molecule has 0 amide bonds. The van der Waals surface area contributed by atoms with Gasteiger partial charge in [-0.25, -0.2) is 22.3 Å². The maximum Gasteiger partial charge on any atom is 0.280 e. The SMILES string of the molecule is NS(=O)(=O)c1cc(CCl)nc(C(F)F)c1. The van der Waals surface area contributed by atoms with E-state index in [-0.39, 0.29) is 11.6 Å². The van der Waals surface area contributed by atoms with Crippen LogP contribution in [-0.2, 0) is 15.9 Å². The van der Waals surface area contributed by atoms with Crippen LogP contribution in [0.2, 0.25) is 0 Å². The lowest BCUT2D eigenvalue weighted by Gasteiger charge is -2.05. The molecule has 0 bridgehead atoms. The second-order valence-corrected chi connectivity index (χ2v) is 4.53. The van der Waals surface area contributed by atoms with E-state index in [1.54, 1.807) is 0 Å². The molecule has 0 radical (unpaired) electrons. The van der Waals surface area contributed by atoms with E-state index in [9.17, 15) is 17.2 Å². The number of aromatic nitrogens is 1. The van der Waals surface area contributed by atoms with Crippen LogP contribution in [0.15, 0.2) is 17.0 Å². The smallest absolute Gasteiger partial charge is 0.251 e. The van der Waals surface area contributed by atoms with Crippen LogP contribution in [0.5, 0.6) is 0 Å². The van der Waals surface area contributed by atoms with Gasteiger partial charge in [0.05, 0.1) is 16.5 Å². The molecular formula is C7H7ClF2N2O2S. The first-order valence-corrected chi connectivity index (χ1v) is 5.80. The third-order valence-corrected chi connectivity index (χ3v) is 2.73. The number of alkyl halides is 3. The molecule has 1 aromatic rings. The molecule has 0 aliphatic rings. The van der Waals surface area contributed by atoms with Crippen molar-refractivity contribution in [3.05, 3.63) is 23.5 Å². The number of rotatable bonds is 3. The van der Waals surface area contributed by atoms with Gasteiger partial charge in [0.1, 0.15) is 5.69 Å². The lowest BCUT2D eigenvalue weighted by molar-refractivity contribution is 0.145. The van der Waals surface area contributed by atoms with Gasteiger partial charge in [-0.3, -0.25) is 4.98 Å². The molecule has 0 atom stereocenters. The van der Waals surface area contributed by atoms with Crippen molar-refractivity contribution in [1.29, 1.82) is 0 Å². The monoisotopic (exact) mass is 256 g/mol. The number of nitrogens with zero attached hydrogens (tertiary/aromatic N) is 1. The molecule has 0 aromatic carbocycles. The zero-order valence-electron chi connectivity index (χ0n) is 7.32. The number of primary sulfonamides is 1. The van der Waals surface area contributed by atoms with Crippen molar-refractivity contribution in [2.45, 2.75) is 17.2 Å². The molecule has 4 nitrogen and oxygen atoms in total. The van der Waals surface area contributed by atoms with E-state index in [0.29, 0.717) is 0 Å². The van der Waals surface area contributed by atoms with E-state index < -0.39 is 27.0 Å². The molecule has 0 aliphatic heterocycles. The van der Waals surface area contributed by atoms with Crippen LogP contribution in [0.4, 0.5) is 8.78 Å². The van der Waals surface area contributed by atoms with Gasteiger partial charge in [-0.15, -0.1) is 11.6 Å². The van der Waals surface area contributed by atoms with Crippen LogP contribution in [0.25, 0.3) is 0 Å². The van der Waals surface area contributed by atoms with Gasteiger partial charge >= 0.3 is 0 Å². The molecule has 1 heterocycles. The number of nitrogens with two attached hydrogens (primary N) is 1. The standard InChI is InChI=1S/C7H7ClF2N2O2S/c8-3-4-1-5(15(11,13)14)2-6(12-4)7(9)10/h1-2,7H,3H2,(H2,11,13,14). The highest BCUT2D eigenvalue weighted by atomic mass is 35.5. The van der Waals surface area contributed by atoms with Crippen molar-refractivity contribution < 1.29 is 17.2 Å². The van der Waals surface area contributed by atoms with Crippen molar-refractivity contribution in [2.24, 2.45) is 5.14 Å². The van der Waals surface area contributed by atoms with E-state index >= 15 is 0 Å². The van der Waals surface area contributed by atoms with Gasteiger partial charge in [-0.2, -0.15) is 0 Å². The third-order valence-electron chi connectivity index (χ3n) is 1.56. The molecule has 0 saturated carbocycles. The predicted octanol–water partition coefficient (Wildman–Crippen LogP) is 1.41. The molecule has 1 aromatic heterocycles. The molecule has 0 spiro atoms. The summed E-state index contributed by atoms with van der Waals surface area (Å²) in [5, 5.41) is 4.81. The minimum Gasteiger partial charge on any atom is -0.251 e. The zero-order valence-corrected chi connectivity index (χ0v) is 8.89. The normalized spacial score (nSPS) is 12.1. The van der Waals surface area contributed by atoms with Crippen LogP contribution in [0.1, 0.15) is 17.8 Å². The lowest BCUT2D eigenvalue weighted by Crippen LogP contribution is -2.13. The molecule has 84 valence electrons. The summed E-state index contributed by atoms with van der Waals surface area (Å²) in [6.45, 7) is 0. The Kier molecular flexibility index (Phi) is 3.58. The Morgan fingerprint density at radius 3 is 2.47 bits per heavy atom. The van der Waals surface area contributed by atoms with Gasteiger partial charge in [0.2, 0.25) is 10.0 Å². The van der Waals surface area contributed by atoms with Crippen molar-refractivity contribution in [2.75, 3.05) is 0 Å². The Morgan fingerprint density at radius 2 is 2.07 bits per heavy atom. The van der Waals surface area contributed by atoms with E-state index in [1.807, 2.05) is 0 Å². The highest BCUT2D eigenvalue weighted by Crippen LogP contribution is 2.21. The van der Waals surface area contributed by atoms with Crippen LogP contribution < -0.4 is 5.14 Å². The largest absolute Gasteiger partial charge is 0.280 e. The Morgan fingerprint density at radius 1 is 1.47 bits per heavy atom. The Hall–Kier alpha value is -0.790. The summed E-state index contributed by atoms with van der Waals surface area (Å²) in [5.41, 5.74) is -0.615. The molecule has 0 aliphatic carbocycles. The second-order valence-electron chi connectivity index (χ2n) is 2.70. The first-order chi connectivity index (χ1) is 6.84. The van der Waals surface area contributed by atoms with Gasteiger partial charge in [-0.05, 0) is 12.1 Å². The van der Waals surface area contributed by atoms with Crippen molar-refractivity contribution >= 4 is 21.6 Å². The van der Waals surface area contributed by atoms with Crippen molar-refractivity contribution in [3.63, 3.8) is 0 Å². The Labute approximate surface area is 90.1 Å². The number of pyridine rings is 1. The van der Waals surface area contributed by atoms with Gasteiger partial charge in [0.25, 0.3) is 6.43 Å². The number of halogens is 3. The van der Waals surface area contributed by atoms with Gasteiger partial charge in [-0.1, -0.05) is 0 Å². The number of hydrogen-bond donors (Lipinski definition) is 1. The third kappa shape index (κ3) is 3.08. The fourth-order valence-corrected chi connectivity index (χ4v) is 1.65. The van der Waals surface area contributed by atoms with Gasteiger partial charge < -0.3 is 0 Å². The first-order valence-electron chi connectivity index (χ1n) is 3.72. The Balaban J connectivity index is 3.36. The lowest BCUT2D eigenvalue weighted by atomic mass is 10.3. The second kappa shape index (κ2) is 4.38. The highest BCUT2D eigenvalue weighted by Gasteiger charge is 2.16. The van der Waals surface area contributed by atoms with Crippen LogP contribution in [0.3, 0.4) is 0 Å². The van der Waals surface area contributed by atoms with Crippen molar-refractivity contribution in [3.8, 4) is 0 Å². The average molecular weight is 257 g/mol. The molecule has 0 saturated heterocycles. The summed E-state index contributed by atoms with van der Waals surface area (Å²) in [6, 6.07) is 1.80. The molecule has 1 rings (SSSR count). The van der Waals surface area contributed by atoms with E-state index in [0.717, 1.165) is 12.1 Å². The summed E-state index contributed by atoms with van der Waals surface area (Å²) in [7, 11) is -4.02. The fourth-order valence-electron chi connectivity index (χ4n) is 0.927. The minimum atomic E-state index is -4.02. The van der Waals surface area contributed by atoms with E-state index in [2.05, 4.69) is 4.98 Å². The fraction of sp³-hybridized carbons (Fsp3) is 0.286.